The number of benzene rings is 1. The summed E-state index contributed by atoms with van der Waals surface area (Å²) in [7, 11) is 1.68. The Morgan fingerprint density at radius 3 is 2.52 bits per heavy atom. The minimum atomic E-state index is -1.08. The molecule has 0 radical (unpaired) electrons. The Bertz CT molecular complexity index is 1340. The molecule has 0 bridgehead atoms. The van der Waals surface area contributed by atoms with E-state index in [4.69, 9.17) is 5.73 Å². The average molecular weight is 453 g/mol. The predicted octanol–water partition coefficient (Wildman–Crippen LogP) is 3.52. The Balaban J connectivity index is 1.82. The Morgan fingerprint density at radius 1 is 1.15 bits per heavy atom. The number of aliphatic imine (C=N–C) groups is 2. The van der Waals surface area contributed by atoms with Crippen LogP contribution in [-0.2, 0) is 19.1 Å². The topological polar surface area (TPSA) is 107 Å². The van der Waals surface area contributed by atoms with E-state index in [1.165, 1.54) is 16.8 Å². The zero-order valence-electron chi connectivity index (χ0n) is 19.1. The van der Waals surface area contributed by atoms with Crippen molar-refractivity contribution in [2.75, 3.05) is 0 Å². The first-order chi connectivity index (χ1) is 15.5. The third kappa shape index (κ3) is 4.09. The van der Waals surface area contributed by atoms with Gasteiger partial charge in [0.1, 0.15) is 23.2 Å². The summed E-state index contributed by atoms with van der Waals surface area (Å²) in [6.45, 7) is 7.06. The van der Waals surface area contributed by atoms with Gasteiger partial charge >= 0.3 is 0 Å². The second-order valence-electron chi connectivity index (χ2n) is 8.47. The minimum absolute atomic E-state index is 0.150. The van der Waals surface area contributed by atoms with Gasteiger partial charge in [0.2, 0.25) is 0 Å². The van der Waals surface area contributed by atoms with Gasteiger partial charge in [0.15, 0.2) is 11.6 Å². The van der Waals surface area contributed by atoms with E-state index >= 15 is 0 Å². The maximum absolute atomic E-state index is 14.5. The molecule has 0 saturated heterocycles. The summed E-state index contributed by atoms with van der Waals surface area (Å²) in [5, 5.41) is 19.5. The van der Waals surface area contributed by atoms with Gasteiger partial charge < -0.3 is 10.8 Å². The van der Waals surface area contributed by atoms with Crippen LogP contribution in [-0.4, -0.2) is 36.7 Å². The van der Waals surface area contributed by atoms with E-state index in [1.807, 2.05) is 13.8 Å². The molecule has 8 nitrogen and oxygen atoms in total. The lowest BCUT2D eigenvalue weighted by Crippen LogP contribution is -2.18. The van der Waals surface area contributed by atoms with E-state index in [-0.39, 0.29) is 17.8 Å². The molecule has 2 aromatic heterocycles. The van der Waals surface area contributed by atoms with Gasteiger partial charge in [-0.25, -0.2) is 23.4 Å². The van der Waals surface area contributed by atoms with Gasteiger partial charge in [-0.2, -0.15) is 10.2 Å². The third-order valence-electron chi connectivity index (χ3n) is 5.45. The number of rotatable bonds is 3. The van der Waals surface area contributed by atoms with Crippen LogP contribution in [0.25, 0.3) is 17.1 Å². The van der Waals surface area contributed by atoms with Crippen LogP contribution in [0.4, 0.5) is 14.6 Å². The van der Waals surface area contributed by atoms with Crippen molar-refractivity contribution in [3.05, 3.63) is 58.4 Å². The van der Waals surface area contributed by atoms with Gasteiger partial charge in [-0.15, -0.1) is 0 Å². The summed E-state index contributed by atoms with van der Waals surface area (Å²) in [6, 6.07) is 3.35. The highest BCUT2D eigenvalue weighted by atomic mass is 19.1. The molecular formula is C23H25F2N7O. The first-order valence-corrected chi connectivity index (χ1v) is 10.4. The Kier molecular flexibility index (Phi) is 5.49. The summed E-state index contributed by atoms with van der Waals surface area (Å²) in [6.07, 6.45) is 3.50. The second kappa shape index (κ2) is 8.04. The summed E-state index contributed by atoms with van der Waals surface area (Å²) >= 11 is 0. The molecule has 0 atom stereocenters. The molecule has 10 heteroatoms. The molecule has 1 aliphatic rings. The molecule has 3 heterocycles. The van der Waals surface area contributed by atoms with Crippen molar-refractivity contribution < 1.29 is 13.9 Å². The van der Waals surface area contributed by atoms with Gasteiger partial charge in [-0.1, -0.05) is 0 Å². The van der Waals surface area contributed by atoms with E-state index in [0.29, 0.717) is 34.2 Å². The van der Waals surface area contributed by atoms with Crippen molar-refractivity contribution in [3.8, 4) is 11.3 Å². The smallest absolute Gasteiger partial charge is 0.156 e. The number of nitrogens with two attached hydrogens (primary N) is 1. The van der Waals surface area contributed by atoms with E-state index in [0.717, 1.165) is 11.8 Å². The SMILES string of the molecule is Cc1nn(C2=CC(N)=Nc3c(c(-c4ccc(F)cc4F)nn3C)CC=N2)c(C)c1C(C)(C)O. The fourth-order valence-electron chi connectivity index (χ4n) is 4.21. The molecule has 0 spiro atoms. The molecule has 1 aromatic carbocycles. The number of hydrogen-bond donors (Lipinski definition) is 2. The molecule has 0 aliphatic carbocycles. The number of aryl methyl sites for hydroxylation is 2. The molecule has 4 rings (SSSR count). The molecule has 0 fully saturated rings. The van der Waals surface area contributed by atoms with Gasteiger partial charge in [-0.05, 0) is 39.8 Å². The van der Waals surface area contributed by atoms with Crippen LogP contribution < -0.4 is 5.73 Å². The van der Waals surface area contributed by atoms with Crippen molar-refractivity contribution in [2.45, 2.75) is 39.7 Å². The number of aliphatic hydroxyl groups is 1. The second-order valence-corrected chi connectivity index (χ2v) is 8.47. The van der Waals surface area contributed by atoms with Crippen LogP contribution in [0.3, 0.4) is 0 Å². The third-order valence-corrected chi connectivity index (χ3v) is 5.45. The van der Waals surface area contributed by atoms with Crippen molar-refractivity contribution in [2.24, 2.45) is 22.8 Å². The van der Waals surface area contributed by atoms with Gasteiger partial charge in [0.25, 0.3) is 0 Å². The highest BCUT2D eigenvalue weighted by Crippen LogP contribution is 2.33. The van der Waals surface area contributed by atoms with Gasteiger partial charge in [0, 0.05) is 54.2 Å². The van der Waals surface area contributed by atoms with Gasteiger partial charge in [0.05, 0.1) is 11.3 Å². The lowest BCUT2D eigenvalue weighted by Gasteiger charge is -2.18. The summed E-state index contributed by atoms with van der Waals surface area (Å²) in [5.41, 5.74) is 8.34. The Morgan fingerprint density at radius 2 is 1.88 bits per heavy atom. The molecule has 0 unspecified atom stereocenters. The van der Waals surface area contributed by atoms with Crippen molar-refractivity contribution >= 4 is 23.7 Å². The molecule has 0 amide bonds. The lowest BCUT2D eigenvalue weighted by molar-refractivity contribution is 0.0772. The zero-order valence-corrected chi connectivity index (χ0v) is 19.1. The van der Waals surface area contributed by atoms with Crippen LogP contribution in [0.15, 0.2) is 34.3 Å². The van der Waals surface area contributed by atoms with Crippen molar-refractivity contribution in [1.29, 1.82) is 0 Å². The Labute approximate surface area is 189 Å². The van der Waals surface area contributed by atoms with E-state index in [2.05, 4.69) is 20.2 Å². The Hall–Kier alpha value is -3.66. The van der Waals surface area contributed by atoms with E-state index in [9.17, 15) is 13.9 Å². The monoisotopic (exact) mass is 453 g/mol. The molecule has 172 valence electrons. The highest BCUT2D eigenvalue weighted by molar-refractivity contribution is 5.98. The van der Waals surface area contributed by atoms with Crippen LogP contribution >= 0.6 is 0 Å². The highest BCUT2D eigenvalue weighted by Gasteiger charge is 2.27. The van der Waals surface area contributed by atoms with Gasteiger partial charge in [-0.3, -0.25) is 4.68 Å². The first-order valence-electron chi connectivity index (χ1n) is 10.4. The first kappa shape index (κ1) is 22.5. The fourth-order valence-corrected chi connectivity index (χ4v) is 4.21. The summed E-state index contributed by atoms with van der Waals surface area (Å²) in [4.78, 5) is 9.03. The van der Waals surface area contributed by atoms with Crippen LogP contribution in [0.1, 0.15) is 36.4 Å². The lowest BCUT2D eigenvalue weighted by atomic mass is 9.96. The average Bonchev–Trinajstić information content (AvgIpc) is 3.19. The zero-order chi connectivity index (χ0) is 24.1. The number of amidine groups is 1. The molecule has 3 aromatic rings. The van der Waals surface area contributed by atoms with Crippen molar-refractivity contribution in [1.82, 2.24) is 19.6 Å². The van der Waals surface area contributed by atoms with E-state index < -0.39 is 17.2 Å². The quantitative estimate of drug-likeness (QED) is 0.633. The number of fused-ring (bicyclic) bond motifs is 1. The molecule has 1 aliphatic heterocycles. The maximum atomic E-state index is 14.5. The minimum Gasteiger partial charge on any atom is -0.386 e. The number of hydrogen-bond acceptors (Lipinski definition) is 6. The fraction of sp³-hybridized carbons (Fsp3) is 0.304. The van der Waals surface area contributed by atoms with E-state index in [1.54, 1.807) is 37.9 Å². The molecular weight excluding hydrogens is 428 g/mol. The van der Waals surface area contributed by atoms with Crippen LogP contribution in [0.2, 0.25) is 0 Å². The standard InChI is InChI=1S/C23H25F2N7O/c1-12-20(23(3,4)33)13(2)32(29-12)19-11-18(26)28-22-16(8-9-27-19)21(30-31(22)5)15-7-6-14(24)10-17(15)25/h6-7,9-11,33H,8H2,1-5H3,(H2,26,28). The van der Waals surface area contributed by atoms with Crippen LogP contribution in [0, 0.1) is 25.5 Å². The summed E-state index contributed by atoms with van der Waals surface area (Å²) in [5.74, 6) is -0.370. The largest absolute Gasteiger partial charge is 0.386 e. The normalized spacial score (nSPS) is 14.3. The molecule has 33 heavy (non-hydrogen) atoms. The number of halogens is 2. The predicted molar refractivity (Wildman–Crippen MR) is 123 cm³/mol. The van der Waals surface area contributed by atoms with Crippen LogP contribution in [0.5, 0.6) is 0 Å². The molecule has 0 saturated carbocycles. The maximum Gasteiger partial charge on any atom is 0.156 e. The molecule has 3 N–H and O–H groups in total. The summed E-state index contributed by atoms with van der Waals surface area (Å²) < 4.78 is 31.0. The number of nitrogens with zero attached hydrogens (tertiary/aromatic N) is 6. The van der Waals surface area contributed by atoms with Crippen molar-refractivity contribution in [3.63, 3.8) is 0 Å². The number of aromatic nitrogens is 4.